The highest BCUT2D eigenvalue weighted by atomic mass is 35.5. The van der Waals surface area contributed by atoms with Crippen LogP contribution in [0.15, 0.2) is 29.2 Å². The van der Waals surface area contributed by atoms with Crippen molar-refractivity contribution < 1.29 is 0 Å². The highest BCUT2D eigenvalue weighted by Crippen LogP contribution is 2.30. The van der Waals surface area contributed by atoms with Gasteiger partial charge in [0.05, 0.1) is 5.38 Å². The van der Waals surface area contributed by atoms with Gasteiger partial charge in [-0.05, 0) is 24.3 Å². The maximum atomic E-state index is 6.03. The second-order valence-corrected chi connectivity index (χ2v) is 4.55. The summed E-state index contributed by atoms with van der Waals surface area (Å²) in [6, 6.07) is 8.31. The Kier molecular flexibility index (Phi) is 3.96. The number of alkyl halides is 1. The van der Waals surface area contributed by atoms with Gasteiger partial charge in [-0.25, -0.2) is 0 Å². The van der Waals surface area contributed by atoms with Crippen molar-refractivity contribution in [2.24, 2.45) is 0 Å². The molecule has 0 bridgehead atoms. The van der Waals surface area contributed by atoms with Gasteiger partial charge in [0.25, 0.3) is 0 Å². The summed E-state index contributed by atoms with van der Waals surface area (Å²) < 4.78 is 0. The van der Waals surface area contributed by atoms with Crippen LogP contribution >= 0.6 is 23.4 Å². The molecule has 0 N–H and O–H groups in total. The van der Waals surface area contributed by atoms with E-state index in [0.717, 1.165) is 5.75 Å². The summed E-state index contributed by atoms with van der Waals surface area (Å²) in [6.45, 7) is 4.16. The van der Waals surface area contributed by atoms with Gasteiger partial charge in [0, 0.05) is 4.90 Å². The molecule has 0 aromatic heterocycles. The maximum absolute atomic E-state index is 6.03. The molecule has 1 unspecified atom stereocenters. The zero-order valence-corrected chi connectivity index (χ0v) is 8.95. The second kappa shape index (κ2) is 4.78. The van der Waals surface area contributed by atoms with Gasteiger partial charge in [-0.1, -0.05) is 25.1 Å². The molecule has 0 amide bonds. The van der Waals surface area contributed by atoms with Crippen LogP contribution in [-0.4, -0.2) is 5.75 Å². The van der Waals surface area contributed by atoms with Crippen molar-refractivity contribution in [3.63, 3.8) is 0 Å². The van der Waals surface area contributed by atoms with Crippen molar-refractivity contribution in [1.82, 2.24) is 0 Å². The molecule has 0 heterocycles. The second-order valence-electron chi connectivity index (χ2n) is 2.59. The standard InChI is InChI=1S/C10H13ClS/c1-3-12-10-7-5-4-6-9(10)8(2)11/h4-8H,3H2,1-2H3. The molecule has 0 nitrogen and oxygen atoms in total. The third-order valence-corrected chi connectivity index (χ3v) is 2.85. The fourth-order valence-electron chi connectivity index (χ4n) is 1.10. The Morgan fingerprint density at radius 1 is 1.42 bits per heavy atom. The van der Waals surface area contributed by atoms with Crippen LogP contribution in [0.4, 0.5) is 0 Å². The minimum absolute atomic E-state index is 0.111. The Morgan fingerprint density at radius 2 is 2.08 bits per heavy atom. The minimum Gasteiger partial charge on any atom is -0.126 e. The van der Waals surface area contributed by atoms with E-state index >= 15 is 0 Å². The van der Waals surface area contributed by atoms with E-state index in [1.165, 1.54) is 10.5 Å². The fraction of sp³-hybridized carbons (Fsp3) is 0.400. The van der Waals surface area contributed by atoms with Gasteiger partial charge >= 0.3 is 0 Å². The summed E-state index contributed by atoms with van der Waals surface area (Å²) in [7, 11) is 0. The van der Waals surface area contributed by atoms with E-state index in [-0.39, 0.29) is 5.38 Å². The first-order valence-corrected chi connectivity index (χ1v) is 5.53. The first-order chi connectivity index (χ1) is 5.75. The smallest absolute Gasteiger partial charge is 0.0568 e. The molecular formula is C10H13ClS. The van der Waals surface area contributed by atoms with Crippen LogP contribution in [0.25, 0.3) is 0 Å². The van der Waals surface area contributed by atoms with Crippen LogP contribution in [0, 0.1) is 0 Å². The van der Waals surface area contributed by atoms with E-state index in [0.29, 0.717) is 0 Å². The average Bonchev–Trinajstić information content (AvgIpc) is 2.05. The maximum Gasteiger partial charge on any atom is 0.0568 e. The number of thioether (sulfide) groups is 1. The highest BCUT2D eigenvalue weighted by Gasteiger charge is 2.05. The molecule has 0 aliphatic carbocycles. The molecular weight excluding hydrogens is 188 g/mol. The molecule has 0 spiro atoms. The summed E-state index contributed by atoms with van der Waals surface area (Å²) in [5, 5.41) is 0.111. The Labute approximate surface area is 83.3 Å². The van der Waals surface area contributed by atoms with Crippen LogP contribution in [-0.2, 0) is 0 Å². The van der Waals surface area contributed by atoms with Gasteiger partial charge in [0.1, 0.15) is 0 Å². The fourth-order valence-corrected chi connectivity index (χ4v) is 2.25. The first kappa shape index (κ1) is 9.94. The topological polar surface area (TPSA) is 0 Å². The Hall–Kier alpha value is -0.140. The quantitative estimate of drug-likeness (QED) is 0.523. The lowest BCUT2D eigenvalue weighted by molar-refractivity contribution is 1.04. The summed E-state index contributed by atoms with van der Waals surface area (Å²) in [5.74, 6) is 1.10. The molecule has 0 saturated heterocycles. The molecule has 0 aliphatic heterocycles. The monoisotopic (exact) mass is 200 g/mol. The Balaban J connectivity index is 2.92. The van der Waals surface area contributed by atoms with Gasteiger partial charge in [-0.15, -0.1) is 23.4 Å². The molecule has 0 fully saturated rings. The number of rotatable bonds is 3. The number of halogens is 1. The highest BCUT2D eigenvalue weighted by molar-refractivity contribution is 7.99. The molecule has 1 rings (SSSR count). The van der Waals surface area contributed by atoms with Gasteiger partial charge in [0.15, 0.2) is 0 Å². The number of benzene rings is 1. The predicted molar refractivity (Wildman–Crippen MR) is 57.1 cm³/mol. The lowest BCUT2D eigenvalue weighted by Crippen LogP contribution is -1.87. The number of hydrogen-bond donors (Lipinski definition) is 0. The molecule has 66 valence electrons. The summed E-state index contributed by atoms with van der Waals surface area (Å²) in [4.78, 5) is 1.31. The summed E-state index contributed by atoms with van der Waals surface area (Å²) in [5.41, 5.74) is 1.24. The Bertz CT molecular complexity index is 245. The normalized spacial score (nSPS) is 12.9. The van der Waals surface area contributed by atoms with Gasteiger partial charge < -0.3 is 0 Å². The van der Waals surface area contributed by atoms with E-state index in [9.17, 15) is 0 Å². The van der Waals surface area contributed by atoms with Crippen molar-refractivity contribution in [2.75, 3.05) is 5.75 Å². The lowest BCUT2D eigenvalue weighted by Gasteiger charge is -2.08. The van der Waals surface area contributed by atoms with Crippen LogP contribution < -0.4 is 0 Å². The predicted octanol–water partition coefficient (Wildman–Crippen LogP) is 4.10. The zero-order chi connectivity index (χ0) is 8.97. The number of hydrogen-bond acceptors (Lipinski definition) is 1. The van der Waals surface area contributed by atoms with Gasteiger partial charge in [-0.2, -0.15) is 0 Å². The van der Waals surface area contributed by atoms with Crippen LogP contribution in [0.3, 0.4) is 0 Å². The summed E-state index contributed by atoms with van der Waals surface area (Å²) in [6.07, 6.45) is 0. The lowest BCUT2D eigenvalue weighted by atomic mass is 10.2. The van der Waals surface area contributed by atoms with Crippen molar-refractivity contribution in [1.29, 1.82) is 0 Å². The molecule has 0 radical (unpaired) electrons. The molecule has 12 heavy (non-hydrogen) atoms. The third kappa shape index (κ3) is 2.43. The third-order valence-electron chi connectivity index (χ3n) is 1.65. The minimum atomic E-state index is 0.111. The van der Waals surface area contributed by atoms with Crippen LogP contribution in [0.1, 0.15) is 24.8 Å². The SMILES string of the molecule is CCSc1ccccc1C(C)Cl. The molecule has 0 saturated carbocycles. The van der Waals surface area contributed by atoms with Crippen molar-refractivity contribution in [3.8, 4) is 0 Å². The molecule has 0 aliphatic rings. The Morgan fingerprint density at radius 3 is 2.67 bits per heavy atom. The first-order valence-electron chi connectivity index (χ1n) is 4.11. The zero-order valence-electron chi connectivity index (χ0n) is 7.38. The van der Waals surface area contributed by atoms with Crippen LogP contribution in [0.5, 0.6) is 0 Å². The van der Waals surface area contributed by atoms with E-state index < -0.39 is 0 Å². The van der Waals surface area contributed by atoms with Crippen molar-refractivity contribution in [2.45, 2.75) is 24.1 Å². The van der Waals surface area contributed by atoms with Gasteiger partial charge in [0.2, 0.25) is 0 Å². The average molecular weight is 201 g/mol. The van der Waals surface area contributed by atoms with E-state index in [2.05, 4.69) is 25.1 Å². The molecule has 1 aromatic rings. The van der Waals surface area contributed by atoms with Crippen molar-refractivity contribution >= 4 is 23.4 Å². The van der Waals surface area contributed by atoms with Gasteiger partial charge in [-0.3, -0.25) is 0 Å². The van der Waals surface area contributed by atoms with E-state index in [1.807, 2.05) is 24.8 Å². The van der Waals surface area contributed by atoms with Crippen LogP contribution in [0.2, 0.25) is 0 Å². The van der Waals surface area contributed by atoms with Crippen molar-refractivity contribution in [3.05, 3.63) is 29.8 Å². The molecule has 1 atom stereocenters. The summed E-state index contributed by atoms with van der Waals surface area (Å²) >= 11 is 7.88. The largest absolute Gasteiger partial charge is 0.126 e. The molecule has 2 heteroatoms. The molecule has 1 aromatic carbocycles. The van der Waals surface area contributed by atoms with E-state index in [4.69, 9.17) is 11.6 Å². The van der Waals surface area contributed by atoms with E-state index in [1.54, 1.807) is 0 Å².